The number of hydrogen-bond donors (Lipinski definition) is 2. The maximum Gasteiger partial charge on any atom is 0.256 e. The minimum absolute atomic E-state index is 0.500. The van der Waals surface area contributed by atoms with E-state index in [2.05, 4.69) is 53.3 Å². The van der Waals surface area contributed by atoms with Gasteiger partial charge in [0.05, 0.1) is 51.8 Å². The second-order valence-electron chi connectivity index (χ2n) is 3.81. The number of quaternary nitrogens is 2. The van der Waals surface area contributed by atoms with Gasteiger partial charge in [0.25, 0.3) is 8.64 Å². The summed E-state index contributed by atoms with van der Waals surface area (Å²) >= 11 is 20.2. The zero-order chi connectivity index (χ0) is 14.4. The topological polar surface area (TPSA) is 0 Å². The van der Waals surface area contributed by atoms with Crippen LogP contribution in [-0.2, 0) is 0 Å². The second-order valence-corrected chi connectivity index (χ2v) is 8.74. The average Bonchev–Trinajstić information content (AvgIpc) is 2.42. The van der Waals surface area contributed by atoms with E-state index in [4.69, 9.17) is 24.4 Å². The Bertz CT molecular complexity index is 269. The van der Waals surface area contributed by atoms with Gasteiger partial charge in [0.1, 0.15) is 0 Å². The van der Waals surface area contributed by atoms with Gasteiger partial charge in [-0.15, -0.1) is 0 Å². The Balaban J connectivity index is 4.51. The molecule has 0 aliphatic carbocycles. The lowest BCUT2D eigenvalue weighted by molar-refractivity contribution is -0.683. The Morgan fingerprint density at radius 2 is 1.00 bits per heavy atom. The molecule has 0 aromatic rings. The molecule has 2 nitrogen and oxygen atoms in total. The summed E-state index contributed by atoms with van der Waals surface area (Å²) in [5.41, 5.74) is 0. The fraction of sp³-hybridized carbons (Fsp3) is 0.800. The Morgan fingerprint density at radius 3 is 1.17 bits per heavy atom. The molecular weight excluding hydrogens is 341 g/mol. The van der Waals surface area contributed by atoms with Gasteiger partial charge in [0.2, 0.25) is 0 Å². The molecule has 0 amide bonds. The number of hydrogen-bond acceptors (Lipinski definition) is 6. The molecule has 18 heavy (non-hydrogen) atoms. The van der Waals surface area contributed by atoms with Crippen molar-refractivity contribution in [3.8, 4) is 0 Å². The van der Waals surface area contributed by atoms with Crippen molar-refractivity contribution in [3.63, 3.8) is 0 Å². The third kappa shape index (κ3) is 5.12. The van der Waals surface area contributed by atoms with Crippen molar-refractivity contribution in [3.05, 3.63) is 0 Å². The van der Waals surface area contributed by atoms with Gasteiger partial charge in [-0.2, -0.15) is 0 Å². The molecular formula is C10H22N2S6+2. The highest BCUT2D eigenvalue weighted by molar-refractivity contribution is 8.89. The van der Waals surface area contributed by atoms with Gasteiger partial charge in [-0.05, 0) is 52.1 Å². The molecule has 0 heterocycles. The average molecular weight is 363 g/mol. The number of rotatable bonds is 4. The minimum Gasteiger partial charge on any atom is -0.217 e. The van der Waals surface area contributed by atoms with Crippen molar-refractivity contribution in [1.82, 2.24) is 0 Å². The van der Waals surface area contributed by atoms with E-state index in [0.717, 1.165) is 34.8 Å². The molecule has 0 fully saturated rings. The van der Waals surface area contributed by atoms with Crippen LogP contribution in [0.3, 0.4) is 0 Å². The SMILES string of the molecule is CC[N+](S)(CC)C(=S)SSC(=S)[N+](S)(CC)CC. The van der Waals surface area contributed by atoms with E-state index >= 15 is 0 Å². The summed E-state index contributed by atoms with van der Waals surface area (Å²) in [6, 6.07) is 0. The second kappa shape index (κ2) is 8.71. The van der Waals surface area contributed by atoms with Crippen LogP contribution in [-0.4, -0.2) is 42.6 Å². The Morgan fingerprint density at radius 1 is 0.778 bits per heavy atom. The highest BCUT2D eigenvalue weighted by atomic mass is 33.1. The van der Waals surface area contributed by atoms with Gasteiger partial charge in [-0.25, -0.2) is 7.78 Å². The van der Waals surface area contributed by atoms with E-state index in [1.54, 1.807) is 0 Å². The monoisotopic (exact) mass is 362 g/mol. The van der Waals surface area contributed by atoms with Crippen LogP contribution in [0, 0.1) is 0 Å². The molecule has 0 spiro atoms. The van der Waals surface area contributed by atoms with Gasteiger partial charge >= 0.3 is 0 Å². The van der Waals surface area contributed by atoms with E-state index in [-0.39, 0.29) is 0 Å². The zero-order valence-electron chi connectivity index (χ0n) is 11.3. The summed E-state index contributed by atoms with van der Waals surface area (Å²) in [5.74, 6) is 0. The van der Waals surface area contributed by atoms with E-state index in [9.17, 15) is 0 Å². The van der Waals surface area contributed by atoms with Gasteiger partial charge in [0.15, 0.2) is 0 Å². The van der Waals surface area contributed by atoms with Crippen LogP contribution in [0.1, 0.15) is 27.7 Å². The first kappa shape index (κ1) is 19.5. The molecule has 0 aliphatic rings. The minimum atomic E-state index is 0.500. The van der Waals surface area contributed by atoms with E-state index in [1.165, 1.54) is 21.6 Å². The smallest absolute Gasteiger partial charge is 0.217 e. The predicted molar refractivity (Wildman–Crippen MR) is 101 cm³/mol. The number of thiol groups is 2. The molecule has 0 aliphatic heterocycles. The summed E-state index contributed by atoms with van der Waals surface area (Å²) < 4.78 is 2.70. The summed E-state index contributed by atoms with van der Waals surface area (Å²) in [7, 11) is 3.07. The van der Waals surface area contributed by atoms with Crippen LogP contribution in [0.2, 0.25) is 0 Å². The largest absolute Gasteiger partial charge is 0.256 e. The van der Waals surface area contributed by atoms with E-state index < -0.39 is 0 Å². The van der Waals surface area contributed by atoms with Crippen LogP contribution < -0.4 is 0 Å². The molecule has 0 saturated heterocycles. The zero-order valence-corrected chi connectivity index (χ0v) is 16.3. The van der Waals surface area contributed by atoms with Crippen LogP contribution in [0.4, 0.5) is 0 Å². The van der Waals surface area contributed by atoms with Crippen molar-refractivity contribution in [2.75, 3.05) is 26.2 Å². The summed E-state index contributed by atoms with van der Waals surface area (Å²) in [6.45, 7) is 11.9. The Labute approximate surface area is 141 Å². The van der Waals surface area contributed by atoms with Gasteiger partial charge in [0, 0.05) is 21.6 Å². The van der Waals surface area contributed by atoms with Crippen LogP contribution in [0.25, 0.3) is 0 Å². The first-order valence-electron chi connectivity index (χ1n) is 5.92. The highest BCUT2D eigenvalue weighted by Crippen LogP contribution is 2.35. The predicted octanol–water partition coefficient (Wildman–Crippen LogP) is 4.34. The molecule has 0 rings (SSSR count). The fourth-order valence-corrected chi connectivity index (χ4v) is 5.10. The maximum atomic E-state index is 5.45. The maximum absolute atomic E-state index is 5.45. The van der Waals surface area contributed by atoms with Gasteiger partial charge in [-0.3, -0.25) is 0 Å². The molecule has 0 aromatic carbocycles. The van der Waals surface area contributed by atoms with E-state index in [0.29, 0.717) is 7.78 Å². The summed E-state index contributed by atoms with van der Waals surface area (Å²) in [5, 5.41) is 0. The number of thiocarbonyl (C=S) groups is 2. The van der Waals surface area contributed by atoms with Crippen LogP contribution >= 0.6 is 71.7 Å². The van der Waals surface area contributed by atoms with E-state index in [1.807, 2.05) is 0 Å². The quantitative estimate of drug-likeness (QED) is 0.330. The lowest BCUT2D eigenvalue weighted by atomic mass is 10.6. The Kier molecular flexibility index (Phi) is 9.44. The van der Waals surface area contributed by atoms with Crippen molar-refractivity contribution in [2.45, 2.75) is 27.7 Å². The van der Waals surface area contributed by atoms with Crippen molar-refractivity contribution in [2.24, 2.45) is 0 Å². The number of nitrogens with zero attached hydrogens (tertiary/aromatic N) is 2. The molecule has 8 heteroatoms. The third-order valence-corrected chi connectivity index (χ3v) is 9.13. The molecule has 106 valence electrons. The van der Waals surface area contributed by atoms with Crippen molar-refractivity contribution >= 4 is 80.3 Å². The fourth-order valence-electron chi connectivity index (χ4n) is 1.17. The normalized spacial score (nSPS) is 12.6. The first-order valence-corrected chi connectivity index (χ1v) is 9.69. The van der Waals surface area contributed by atoms with Crippen molar-refractivity contribution in [1.29, 1.82) is 0 Å². The van der Waals surface area contributed by atoms with Crippen molar-refractivity contribution < 1.29 is 7.78 Å². The third-order valence-electron chi connectivity index (χ3n) is 2.96. The highest BCUT2D eigenvalue weighted by Gasteiger charge is 2.32. The lowest BCUT2D eigenvalue weighted by Crippen LogP contribution is -2.42. The molecule has 0 saturated carbocycles. The molecule has 0 N–H and O–H groups in total. The molecule has 0 radical (unpaired) electrons. The first-order chi connectivity index (χ1) is 8.29. The lowest BCUT2D eigenvalue weighted by Gasteiger charge is -2.30. The Hall–Kier alpha value is 1.50. The molecule has 0 atom stereocenters. The van der Waals surface area contributed by atoms with Crippen LogP contribution in [0.5, 0.6) is 0 Å². The van der Waals surface area contributed by atoms with Gasteiger partial charge in [-0.1, -0.05) is 0 Å². The van der Waals surface area contributed by atoms with Gasteiger partial charge < -0.3 is 0 Å². The summed E-state index contributed by atoms with van der Waals surface area (Å²) in [6.07, 6.45) is 0. The van der Waals surface area contributed by atoms with Crippen LogP contribution in [0.15, 0.2) is 0 Å². The molecule has 0 aromatic heterocycles. The molecule has 0 unspecified atom stereocenters. The molecule has 0 bridgehead atoms. The standard InChI is InChI=1S/C10H22N2S6/c1-5-11(15,6-2)9(13)17-18-10(14)12(16,7-3)8-4/h15-16H,5-8H2,1-4H3/q+2. The summed E-state index contributed by atoms with van der Waals surface area (Å²) in [4.78, 5) is 0.